The lowest BCUT2D eigenvalue weighted by molar-refractivity contribution is 0.0601. The van der Waals surface area contributed by atoms with Crippen LogP contribution in [-0.4, -0.2) is 40.1 Å². The van der Waals surface area contributed by atoms with Crippen molar-refractivity contribution in [3.05, 3.63) is 47.2 Å². The largest absolute Gasteiger partial charge is 0.465 e. The van der Waals surface area contributed by atoms with Crippen molar-refractivity contribution in [2.24, 2.45) is 0 Å². The second kappa shape index (κ2) is 7.27. The van der Waals surface area contributed by atoms with E-state index in [1.54, 1.807) is 25.3 Å². The summed E-state index contributed by atoms with van der Waals surface area (Å²) >= 11 is 0. The van der Waals surface area contributed by atoms with Gasteiger partial charge in [0.15, 0.2) is 5.82 Å². The number of aromatic amines is 1. The molecular weight excluding hydrogens is 322 g/mol. The zero-order valence-electron chi connectivity index (χ0n) is 14.3. The minimum atomic E-state index is -0.377. The molecule has 0 amide bonds. The summed E-state index contributed by atoms with van der Waals surface area (Å²) in [5.74, 6) is 1.69. The number of nitrogens with one attached hydrogen (secondary N) is 2. The number of anilines is 1. The van der Waals surface area contributed by atoms with E-state index < -0.39 is 0 Å². The van der Waals surface area contributed by atoms with Crippen LogP contribution in [-0.2, 0) is 22.6 Å². The first-order chi connectivity index (χ1) is 12.1. The molecule has 2 heterocycles. The van der Waals surface area contributed by atoms with Crippen LogP contribution < -0.4 is 5.32 Å². The lowest BCUT2D eigenvalue weighted by atomic mass is 10.2. The van der Waals surface area contributed by atoms with Gasteiger partial charge in [-0.15, -0.1) is 0 Å². The molecule has 0 unspecified atom stereocenters. The van der Waals surface area contributed by atoms with Gasteiger partial charge in [0.1, 0.15) is 18.2 Å². The Morgan fingerprint density at radius 1 is 1.20 bits per heavy atom. The number of benzene rings is 1. The molecule has 3 aromatic rings. The number of carbonyl (C=O) groups excluding carboxylic acids is 1. The molecule has 25 heavy (non-hydrogen) atoms. The standard InChI is InChI=1S/C17H19N5O3/c1-10-6-14(22-16(19-10)9-24-2)18-8-15-20-12-5-4-11(17(23)25-3)7-13(12)21-15/h4-7H,8-9H2,1-3H3,(H,20,21)(H,18,19,22). The molecule has 0 aliphatic carbocycles. The van der Waals surface area contributed by atoms with Crippen molar-refractivity contribution in [2.45, 2.75) is 20.1 Å². The number of rotatable bonds is 6. The molecule has 0 saturated heterocycles. The van der Waals surface area contributed by atoms with Crippen molar-refractivity contribution in [1.82, 2.24) is 19.9 Å². The first kappa shape index (κ1) is 16.8. The second-order valence-corrected chi connectivity index (χ2v) is 5.50. The van der Waals surface area contributed by atoms with Crippen LogP contribution in [0.5, 0.6) is 0 Å². The molecule has 0 fully saturated rings. The molecule has 3 rings (SSSR count). The predicted octanol–water partition coefficient (Wildman–Crippen LogP) is 2.21. The summed E-state index contributed by atoms with van der Waals surface area (Å²) in [6, 6.07) is 7.06. The van der Waals surface area contributed by atoms with Crippen LogP contribution in [0.2, 0.25) is 0 Å². The van der Waals surface area contributed by atoms with Crippen LogP contribution in [0.15, 0.2) is 24.3 Å². The van der Waals surface area contributed by atoms with E-state index in [4.69, 9.17) is 9.47 Å². The minimum Gasteiger partial charge on any atom is -0.465 e. The summed E-state index contributed by atoms with van der Waals surface area (Å²) in [5, 5.41) is 3.22. The fourth-order valence-corrected chi connectivity index (χ4v) is 2.48. The molecule has 1 aromatic carbocycles. The van der Waals surface area contributed by atoms with Crippen LogP contribution in [0.1, 0.15) is 27.7 Å². The lowest BCUT2D eigenvalue weighted by Crippen LogP contribution is -2.07. The monoisotopic (exact) mass is 341 g/mol. The molecule has 0 bridgehead atoms. The van der Waals surface area contributed by atoms with Crippen LogP contribution in [0.4, 0.5) is 5.82 Å². The van der Waals surface area contributed by atoms with E-state index in [-0.39, 0.29) is 5.97 Å². The minimum absolute atomic E-state index is 0.358. The van der Waals surface area contributed by atoms with Gasteiger partial charge in [0, 0.05) is 18.9 Å². The number of esters is 1. The molecule has 0 aliphatic heterocycles. The van der Waals surface area contributed by atoms with Crippen LogP contribution in [0, 0.1) is 6.92 Å². The average Bonchev–Trinajstić information content (AvgIpc) is 3.01. The number of hydrogen-bond acceptors (Lipinski definition) is 7. The summed E-state index contributed by atoms with van der Waals surface area (Å²) in [5.41, 5.74) is 2.90. The highest BCUT2D eigenvalue weighted by Gasteiger charge is 2.09. The number of fused-ring (bicyclic) bond motifs is 1. The highest BCUT2D eigenvalue weighted by molar-refractivity contribution is 5.93. The lowest BCUT2D eigenvalue weighted by Gasteiger charge is -2.07. The molecule has 0 spiro atoms. The maximum Gasteiger partial charge on any atom is 0.337 e. The number of nitrogens with zero attached hydrogens (tertiary/aromatic N) is 3. The van der Waals surface area contributed by atoms with E-state index in [9.17, 15) is 4.79 Å². The number of ether oxygens (including phenoxy) is 2. The van der Waals surface area contributed by atoms with E-state index in [1.807, 2.05) is 13.0 Å². The number of imidazole rings is 1. The van der Waals surface area contributed by atoms with Crippen LogP contribution >= 0.6 is 0 Å². The maximum atomic E-state index is 11.6. The van der Waals surface area contributed by atoms with E-state index >= 15 is 0 Å². The van der Waals surface area contributed by atoms with Gasteiger partial charge in [-0.1, -0.05) is 0 Å². The van der Waals surface area contributed by atoms with E-state index in [0.29, 0.717) is 30.4 Å². The molecule has 0 saturated carbocycles. The highest BCUT2D eigenvalue weighted by atomic mass is 16.5. The summed E-state index contributed by atoms with van der Waals surface area (Å²) in [6.45, 7) is 2.73. The van der Waals surface area contributed by atoms with Crippen molar-refractivity contribution in [3.8, 4) is 0 Å². The van der Waals surface area contributed by atoms with Gasteiger partial charge in [-0.05, 0) is 25.1 Å². The summed E-state index contributed by atoms with van der Waals surface area (Å²) < 4.78 is 9.80. The van der Waals surface area contributed by atoms with Gasteiger partial charge in [-0.25, -0.2) is 19.7 Å². The number of carbonyl (C=O) groups is 1. The molecule has 8 nitrogen and oxygen atoms in total. The zero-order chi connectivity index (χ0) is 17.8. The SMILES string of the molecule is COCc1nc(C)cc(NCc2nc3ccc(C(=O)OC)cc3[nH]2)n1. The summed E-state index contributed by atoms with van der Waals surface area (Å²) in [6.07, 6.45) is 0. The third kappa shape index (κ3) is 3.92. The smallest absolute Gasteiger partial charge is 0.337 e. The van der Waals surface area contributed by atoms with Gasteiger partial charge in [-0.2, -0.15) is 0 Å². The summed E-state index contributed by atoms with van der Waals surface area (Å²) in [4.78, 5) is 28.0. The molecule has 2 aromatic heterocycles. The molecule has 2 N–H and O–H groups in total. The quantitative estimate of drug-likeness (QED) is 0.663. The third-order valence-electron chi connectivity index (χ3n) is 3.56. The van der Waals surface area contributed by atoms with Gasteiger partial charge in [0.05, 0.1) is 30.3 Å². The molecule has 0 atom stereocenters. The van der Waals surface area contributed by atoms with E-state index in [0.717, 1.165) is 22.6 Å². The third-order valence-corrected chi connectivity index (χ3v) is 3.56. The van der Waals surface area contributed by atoms with Crippen LogP contribution in [0.25, 0.3) is 11.0 Å². The Morgan fingerprint density at radius 2 is 2.04 bits per heavy atom. The van der Waals surface area contributed by atoms with Crippen LogP contribution in [0.3, 0.4) is 0 Å². The maximum absolute atomic E-state index is 11.6. The Hall–Kier alpha value is -3.00. The van der Waals surface area contributed by atoms with Gasteiger partial charge >= 0.3 is 5.97 Å². The van der Waals surface area contributed by atoms with E-state index in [2.05, 4.69) is 25.3 Å². The Morgan fingerprint density at radius 3 is 2.80 bits per heavy atom. The molecular formula is C17H19N5O3. The topological polar surface area (TPSA) is 102 Å². The first-order valence-electron chi connectivity index (χ1n) is 7.73. The Labute approximate surface area is 144 Å². The molecule has 0 radical (unpaired) electrons. The van der Waals surface area contributed by atoms with Crippen molar-refractivity contribution in [1.29, 1.82) is 0 Å². The number of hydrogen-bond donors (Lipinski definition) is 2. The second-order valence-electron chi connectivity index (χ2n) is 5.50. The first-order valence-corrected chi connectivity index (χ1v) is 7.73. The fourth-order valence-electron chi connectivity index (χ4n) is 2.48. The van der Waals surface area contributed by atoms with Gasteiger partial charge < -0.3 is 19.8 Å². The van der Waals surface area contributed by atoms with Crippen molar-refractivity contribution < 1.29 is 14.3 Å². The van der Waals surface area contributed by atoms with E-state index in [1.165, 1.54) is 7.11 Å². The number of aromatic nitrogens is 4. The number of H-pyrrole nitrogens is 1. The predicted molar refractivity (Wildman–Crippen MR) is 92.2 cm³/mol. The Balaban J connectivity index is 1.76. The number of aryl methyl sites for hydroxylation is 1. The Kier molecular flexibility index (Phi) is 4.90. The molecule has 8 heteroatoms. The normalized spacial score (nSPS) is 10.8. The van der Waals surface area contributed by atoms with Gasteiger partial charge in [-0.3, -0.25) is 0 Å². The Bertz CT molecular complexity index is 906. The van der Waals surface area contributed by atoms with Crippen molar-refractivity contribution in [2.75, 3.05) is 19.5 Å². The molecule has 130 valence electrons. The van der Waals surface area contributed by atoms with Crippen molar-refractivity contribution >= 4 is 22.8 Å². The molecule has 0 aliphatic rings. The highest BCUT2D eigenvalue weighted by Crippen LogP contribution is 2.15. The zero-order valence-corrected chi connectivity index (χ0v) is 14.3. The fraction of sp³-hybridized carbons (Fsp3) is 0.294. The van der Waals surface area contributed by atoms with Crippen molar-refractivity contribution in [3.63, 3.8) is 0 Å². The number of methoxy groups -OCH3 is 2. The van der Waals surface area contributed by atoms with Gasteiger partial charge in [0.2, 0.25) is 0 Å². The average molecular weight is 341 g/mol. The van der Waals surface area contributed by atoms with Gasteiger partial charge in [0.25, 0.3) is 0 Å². The summed E-state index contributed by atoms with van der Waals surface area (Å²) in [7, 11) is 2.96.